The summed E-state index contributed by atoms with van der Waals surface area (Å²) >= 11 is 5.80. The topological polar surface area (TPSA) is 69.6 Å². The molecule has 1 aromatic rings. The first-order chi connectivity index (χ1) is 8.36. The molecular weight excluding hydrogens is 276 g/mol. The molecule has 0 aromatic heterocycles. The molecule has 0 saturated carbocycles. The van der Waals surface area contributed by atoms with Crippen molar-refractivity contribution in [1.82, 2.24) is 4.31 Å². The van der Waals surface area contributed by atoms with Gasteiger partial charge in [-0.15, -0.1) is 0 Å². The monoisotopic (exact) mass is 292 g/mol. The number of aliphatic hydroxyl groups excluding tert-OH is 1. The molecule has 1 aromatic carbocycles. The lowest BCUT2D eigenvalue weighted by molar-refractivity contribution is 0.276. The van der Waals surface area contributed by atoms with Crippen LogP contribution in [0.5, 0.6) is 0 Å². The molecular formula is C11H17ClN2O3S. The van der Waals surface area contributed by atoms with Crippen LogP contribution in [0, 0.1) is 6.92 Å². The molecule has 0 heterocycles. The van der Waals surface area contributed by atoms with Gasteiger partial charge in [0.05, 0.1) is 5.69 Å². The number of nitrogens with one attached hydrogen (secondary N) is 1. The van der Waals surface area contributed by atoms with Gasteiger partial charge in [-0.05, 0) is 37.1 Å². The number of anilines is 1. The zero-order chi connectivity index (χ0) is 13.8. The number of rotatable bonds is 6. The Morgan fingerprint density at radius 3 is 2.67 bits per heavy atom. The van der Waals surface area contributed by atoms with E-state index >= 15 is 0 Å². The Labute approximate surface area is 113 Å². The lowest BCUT2D eigenvalue weighted by atomic mass is 10.2. The molecule has 0 amide bonds. The van der Waals surface area contributed by atoms with Crippen LogP contribution in [0.4, 0.5) is 5.69 Å². The van der Waals surface area contributed by atoms with Crippen LogP contribution in [0.15, 0.2) is 18.2 Å². The molecule has 0 aliphatic heterocycles. The highest BCUT2D eigenvalue weighted by Crippen LogP contribution is 2.21. The van der Waals surface area contributed by atoms with Gasteiger partial charge >= 0.3 is 10.2 Å². The van der Waals surface area contributed by atoms with Crippen molar-refractivity contribution in [3.63, 3.8) is 0 Å². The number of aryl methyl sites for hydroxylation is 1. The highest BCUT2D eigenvalue weighted by atomic mass is 35.5. The average molecular weight is 293 g/mol. The van der Waals surface area contributed by atoms with Crippen molar-refractivity contribution in [2.75, 3.05) is 24.9 Å². The lowest BCUT2D eigenvalue weighted by Crippen LogP contribution is -2.33. The second-order valence-corrected chi connectivity index (χ2v) is 6.18. The predicted octanol–water partition coefficient (Wildman–Crippen LogP) is 1.62. The maximum absolute atomic E-state index is 11.9. The van der Waals surface area contributed by atoms with Crippen molar-refractivity contribution in [1.29, 1.82) is 0 Å². The van der Waals surface area contributed by atoms with Crippen LogP contribution in [-0.4, -0.2) is 38.0 Å². The van der Waals surface area contributed by atoms with E-state index in [0.29, 0.717) is 17.1 Å². The molecule has 0 atom stereocenters. The van der Waals surface area contributed by atoms with Gasteiger partial charge in [0.25, 0.3) is 0 Å². The van der Waals surface area contributed by atoms with Gasteiger partial charge in [0.1, 0.15) is 0 Å². The van der Waals surface area contributed by atoms with Gasteiger partial charge in [0.15, 0.2) is 0 Å². The first-order valence-corrected chi connectivity index (χ1v) is 7.29. The molecule has 0 bridgehead atoms. The Balaban J connectivity index is 2.82. The van der Waals surface area contributed by atoms with Crippen LogP contribution >= 0.6 is 11.6 Å². The number of halogens is 1. The highest BCUT2D eigenvalue weighted by Gasteiger charge is 2.17. The Bertz CT molecular complexity index is 505. The molecule has 0 fully saturated rings. The summed E-state index contributed by atoms with van der Waals surface area (Å²) in [7, 11) is -2.13. The van der Waals surface area contributed by atoms with Crippen LogP contribution in [-0.2, 0) is 10.2 Å². The molecule has 1 rings (SSSR count). The second kappa shape index (κ2) is 6.38. The summed E-state index contributed by atoms with van der Waals surface area (Å²) in [5.74, 6) is 0. The molecule has 0 saturated heterocycles. The van der Waals surface area contributed by atoms with Crippen LogP contribution in [0.3, 0.4) is 0 Å². The maximum Gasteiger partial charge on any atom is 0.301 e. The number of hydrogen-bond acceptors (Lipinski definition) is 3. The second-order valence-electron chi connectivity index (χ2n) is 3.97. The fourth-order valence-electron chi connectivity index (χ4n) is 1.37. The number of aliphatic hydroxyl groups is 1. The van der Waals surface area contributed by atoms with E-state index in [1.807, 2.05) is 0 Å². The summed E-state index contributed by atoms with van der Waals surface area (Å²) in [5, 5.41) is 9.25. The highest BCUT2D eigenvalue weighted by molar-refractivity contribution is 7.90. The minimum atomic E-state index is -3.59. The van der Waals surface area contributed by atoms with E-state index in [-0.39, 0.29) is 13.2 Å². The van der Waals surface area contributed by atoms with Crippen molar-refractivity contribution in [2.45, 2.75) is 13.3 Å². The van der Waals surface area contributed by atoms with E-state index in [0.717, 1.165) is 9.87 Å². The Hall–Kier alpha value is -0.820. The van der Waals surface area contributed by atoms with E-state index in [9.17, 15) is 8.42 Å². The van der Waals surface area contributed by atoms with Crippen molar-refractivity contribution in [3.05, 3.63) is 28.8 Å². The third-order valence-corrected chi connectivity index (χ3v) is 4.18. The minimum absolute atomic E-state index is 0.0418. The average Bonchev–Trinajstić information content (AvgIpc) is 2.29. The Morgan fingerprint density at radius 1 is 1.44 bits per heavy atom. The SMILES string of the molecule is Cc1cc(Cl)ccc1NS(=O)(=O)N(C)CCCO. The smallest absolute Gasteiger partial charge is 0.301 e. The maximum atomic E-state index is 11.9. The van der Waals surface area contributed by atoms with Crippen LogP contribution in [0.2, 0.25) is 5.02 Å². The molecule has 0 unspecified atom stereocenters. The van der Waals surface area contributed by atoms with Crippen molar-refractivity contribution >= 4 is 27.5 Å². The van der Waals surface area contributed by atoms with E-state index < -0.39 is 10.2 Å². The number of benzene rings is 1. The quantitative estimate of drug-likeness (QED) is 0.837. The summed E-state index contributed by atoms with van der Waals surface area (Å²) in [6, 6.07) is 4.93. The van der Waals surface area contributed by atoms with Gasteiger partial charge in [-0.1, -0.05) is 11.6 Å². The normalized spacial score (nSPS) is 11.8. The molecule has 0 aliphatic rings. The summed E-state index contributed by atoms with van der Waals surface area (Å²) in [4.78, 5) is 0. The number of hydrogen-bond donors (Lipinski definition) is 2. The third kappa shape index (κ3) is 4.13. The van der Waals surface area contributed by atoms with Gasteiger partial charge in [-0.3, -0.25) is 4.72 Å². The van der Waals surface area contributed by atoms with Gasteiger partial charge < -0.3 is 5.11 Å². The minimum Gasteiger partial charge on any atom is -0.396 e. The fraction of sp³-hybridized carbons (Fsp3) is 0.455. The van der Waals surface area contributed by atoms with Crippen LogP contribution in [0.1, 0.15) is 12.0 Å². The van der Waals surface area contributed by atoms with E-state index in [1.165, 1.54) is 7.05 Å². The summed E-state index contributed by atoms with van der Waals surface area (Å²) < 4.78 is 27.5. The van der Waals surface area contributed by atoms with Crippen molar-refractivity contribution in [3.8, 4) is 0 Å². The molecule has 5 nitrogen and oxygen atoms in total. The molecule has 102 valence electrons. The zero-order valence-corrected chi connectivity index (χ0v) is 11.9. The largest absolute Gasteiger partial charge is 0.396 e. The summed E-state index contributed by atoms with van der Waals surface area (Å²) in [6.45, 7) is 2.00. The van der Waals surface area contributed by atoms with E-state index in [2.05, 4.69) is 4.72 Å². The molecule has 0 spiro atoms. The zero-order valence-electron chi connectivity index (χ0n) is 10.4. The van der Waals surface area contributed by atoms with E-state index in [4.69, 9.17) is 16.7 Å². The van der Waals surface area contributed by atoms with Crippen LogP contribution < -0.4 is 4.72 Å². The van der Waals surface area contributed by atoms with Gasteiger partial charge in [0, 0.05) is 25.2 Å². The first kappa shape index (κ1) is 15.2. The fourth-order valence-corrected chi connectivity index (χ4v) is 2.63. The Morgan fingerprint density at radius 2 is 2.11 bits per heavy atom. The van der Waals surface area contributed by atoms with Gasteiger partial charge in [-0.2, -0.15) is 12.7 Å². The summed E-state index contributed by atoms with van der Waals surface area (Å²) in [6.07, 6.45) is 0.400. The lowest BCUT2D eigenvalue weighted by Gasteiger charge is -2.18. The first-order valence-electron chi connectivity index (χ1n) is 5.48. The summed E-state index contributed by atoms with van der Waals surface area (Å²) in [5.41, 5.74) is 1.25. The van der Waals surface area contributed by atoms with Gasteiger partial charge in [-0.25, -0.2) is 0 Å². The van der Waals surface area contributed by atoms with Gasteiger partial charge in [0.2, 0.25) is 0 Å². The molecule has 2 N–H and O–H groups in total. The Kier molecular flexibility index (Phi) is 5.40. The molecule has 0 radical (unpaired) electrons. The standard InChI is InChI=1S/C11H17ClN2O3S/c1-9-8-10(12)4-5-11(9)13-18(16,17)14(2)6-3-7-15/h4-5,8,13,15H,3,6-7H2,1-2H3. The van der Waals surface area contributed by atoms with Crippen molar-refractivity contribution in [2.24, 2.45) is 0 Å². The molecule has 18 heavy (non-hydrogen) atoms. The number of nitrogens with zero attached hydrogens (tertiary/aromatic N) is 1. The predicted molar refractivity (Wildman–Crippen MR) is 73.1 cm³/mol. The third-order valence-electron chi connectivity index (χ3n) is 2.47. The van der Waals surface area contributed by atoms with E-state index in [1.54, 1.807) is 25.1 Å². The van der Waals surface area contributed by atoms with Crippen LogP contribution in [0.25, 0.3) is 0 Å². The molecule has 0 aliphatic carbocycles. The molecule has 7 heteroatoms. The van der Waals surface area contributed by atoms with Crippen molar-refractivity contribution < 1.29 is 13.5 Å².